The molecular formula is C29H27ClFN5O. The zero-order chi connectivity index (χ0) is 25.5. The summed E-state index contributed by atoms with van der Waals surface area (Å²) in [7, 11) is 0. The van der Waals surface area contributed by atoms with E-state index in [1.165, 1.54) is 40.5 Å². The number of halogens is 2. The van der Waals surface area contributed by atoms with Crippen LogP contribution in [0.3, 0.4) is 0 Å². The van der Waals surface area contributed by atoms with Crippen molar-refractivity contribution in [3.63, 3.8) is 0 Å². The first kappa shape index (κ1) is 23.9. The first-order valence-corrected chi connectivity index (χ1v) is 13.0. The van der Waals surface area contributed by atoms with Gasteiger partial charge in [0.25, 0.3) is 5.88 Å². The Morgan fingerprint density at radius 1 is 1.11 bits per heavy atom. The Morgan fingerprint density at radius 3 is 2.65 bits per heavy atom. The monoisotopic (exact) mass is 515 g/mol. The molecule has 188 valence electrons. The maximum absolute atomic E-state index is 13.4. The summed E-state index contributed by atoms with van der Waals surface area (Å²) in [5.41, 5.74) is 6.04. The minimum atomic E-state index is -0.412. The lowest BCUT2D eigenvalue weighted by molar-refractivity contribution is 0.320. The molecule has 0 bridgehead atoms. The second-order valence-corrected chi connectivity index (χ2v) is 10.6. The summed E-state index contributed by atoms with van der Waals surface area (Å²) in [6, 6.07) is 10.8. The number of hydrogen-bond donors (Lipinski definition) is 0. The summed E-state index contributed by atoms with van der Waals surface area (Å²) in [6.07, 6.45) is 7.08. The third-order valence-corrected chi connectivity index (χ3v) is 8.16. The lowest BCUT2D eigenvalue weighted by Gasteiger charge is -2.23. The van der Waals surface area contributed by atoms with Crippen LogP contribution in [0.5, 0.6) is 11.6 Å². The summed E-state index contributed by atoms with van der Waals surface area (Å²) in [5.74, 6) is 2.15. The van der Waals surface area contributed by atoms with Crippen LogP contribution in [-0.2, 0) is 12.8 Å². The average molecular weight is 516 g/mol. The number of allylic oxidation sites excluding steroid dienone is 1. The minimum absolute atomic E-state index is 0.200. The molecule has 6 nitrogen and oxygen atoms in total. The van der Waals surface area contributed by atoms with Gasteiger partial charge >= 0.3 is 0 Å². The highest BCUT2D eigenvalue weighted by molar-refractivity contribution is 6.32. The van der Waals surface area contributed by atoms with E-state index < -0.39 is 5.82 Å². The van der Waals surface area contributed by atoms with E-state index >= 15 is 0 Å². The van der Waals surface area contributed by atoms with Crippen molar-refractivity contribution in [2.24, 2.45) is 11.8 Å². The van der Waals surface area contributed by atoms with E-state index in [-0.39, 0.29) is 5.02 Å². The van der Waals surface area contributed by atoms with Gasteiger partial charge in [-0.1, -0.05) is 23.7 Å². The van der Waals surface area contributed by atoms with Crippen LogP contribution in [0.15, 0.2) is 48.3 Å². The molecule has 3 aliphatic rings. The minimum Gasteiger partial charge on any atom is -0.434 e. The number of likely N-dealkylation sites (tertiary alicyclic amines) is 1. The zero-order valence-corrected chi connectivity index (χ0v) is 21.4. The molecule has 8 heteroatoms. The van der Waals surface area contributed by atoms with E-state index in [1.807, 2.05) is 0 Å². The van der Waals surface area contributed by atoms with Gasteiger partial charge in [-0.25, -0.2) is 14.4 Å². The van der Waals surface area contributed by atoms with Crippen molar-refractivity contribution in [1.29, 1.82) is 5.26 Å². The van der Waals surface area contributed by atoms with E-state index in [9.17, 15) is 9.65 Å². The molecule has 2 atom stereocenters. The Kier molecular flexibility index (Phi) is 6.31. The van der Waals surface area contributed by atoms with E-state index in [2.05, 4.69) is 51.0 Å². The van der Waals surface area contributed by atoms with E-state index in [1.54, 1.807) is 12.4 Å². The molecule has 6 rings (SSSR count). The number of nitrogens with zero attached hydrogens (tertiary/aromatic N) is 5. The van der Waals surface area contributed by atoms with E-state index in [0.29, 0.717) is 29.3 Å². The van der Waals surface area contributed by atoms with Crippen molar-refractivity contribution in [2.75, 3.05) is 37.6 Å². The highest BCUT2D eigenvalue weighted by atomic mass is 35.5. The molecule has 2 aromatic carbocycles. The number of aromatic nitrogens is 2. The molecular weight excluding hydrogens is 489 g/mol. The van der Waals surface area contributed by atoms with Crippen LogP contribution in [0, 0.1) is 35.9 Å². The molecule has 2 saturated heterocycles. The van der Waals surface area contributed by atoms with Crippen LogP contribution in [0.4, 0.5) is 10.2 Å². The molecule has 1 aliphatic carbocycles. The summed E-state index contributed by atoms with van der Waals surface area (Å²) >= 11 is 6.16. The lowest BCUT2D eigenvalue weighted by Crippen LogP contribution is -2.30. The zero-order valence-electron chi connectivity index (χ0n) is 20.6. The highest BCUT2D eigenvalue weighted by Crippen LogP contribution is 2.38. The molecule has 1 aromatic heterocycles. The van der Waals surface area contributed by atoms with Gasteiger partial charge in [-0.15, -0.1) is 0 Å². The Hall–Kier alpha value is -3.47. The van der Waals surface area contributed by atoms with E-state index in [0.717, 1.165) is 51.1 Å². The van der Waals surface area contributed by atoms with Crippen LogP contribution < -0.4 is 9.64 Å². The van der Waals surface area contributed by atoms with Gasteiger partial charge in [-0.3, -0.25) is 0 Å². The fraction of sp³-hybridized carbons (Fsp3) is 0.345. The van der Waals surface area contributed by atoms with Gasteiger partial charge in [-0.05, 0) is 71.7 Å². The predicted octanol–water partition coefficient (Wildman–Crippen LogP) is 5.44. The SMILES string of the molecule is Cc1c(CCN2CC3CN(c4nccnc4Oc4ccc(F)cc4Cl)CC3C2)ccc2c1C=C(C#N)C2. The van der Waals surface area contributed by atoms with Gasteiger partial charge in [0.2, 0.25) is 0 Å². The fourth-order valence-corrected chi connectivity index (χ4v) is 6.16. The molecule has 3 heterocycles. The number of benzene rings is 2. The molecule has 0 N–H and O–H groups in total. The third-order valence-electron chi connectivity index (χ3n) is 7.87. The van der Waals surface area contributed by atoms with Crippen molar-refractivity contribution in [3.8, 4) is 17.7 Å². The topological polar surface area (TPSA) is 65.3 Å². The fourth-order valence-electron chi connectivity index (χ4n) is 5.95. The molecule has 2 fully saturated rings. The lowest BCUT2D eigenvalue weighted by atomic mass is 9.97. The normalized spacial score (nSPS) is 20.5. The Bertz CT molecular complexity index is 1420. The van der Waals surface area contributed by atoms with Gasteiger partial charge in [0.05, 0.1) is 11.1 Å². The molecule has 0 saturated carbocycles. The van der Waals surface area contributed by atoms with Crippen molar-refractivity contribution >= 4 is 23.5 Å². The van der Waals surface area contributed by atoms with Crippen LogP contribution in [0.25, 0.3) is 6.08 Å². The van der Waals surface area contributed by atoms with Gasteiger partial charge in [0.1, 0.15) is 11.6 Å². The molecule has 3 aromatic rings. The smallest absolute Gasteiger partial charge is 0.263 e. The number of fused-ring (bicyclic) bond motifs is 2. The largest absolute Gasteiger partial charge is 0.434 e. The number of hydrogen-bond acceptors (Lipinski definition) is 6. The van der Waals surface area contributed by atoms with Gasteiger partial charge in [0, 0.05) is 57.1 Å². The number of rotatable bonds is 6. The Balaban J connectivity index is 1.08. The van der Waals surface area contributed by atoms with E-state index in [4.69, 9.17) is 16.3 Å². The number of nitriles is 1. The van der Waals surface area contributed by atoms with Crippen molar-refractivity contribution < 1.29 is 9.13 Å². The molecule has 2 aliphatic heterocycles. The predicted molar refractivity (Wildman–Crippen MR) is 141 cm³/mol. The molecule has 37 heavy (non-hydrogen) atoms. The first-order chi connectivity index (χ1) is 18.0. The van der Waals surface area contributed by atoms with Crippen molar-refractivity contribution in [1.82, 2.24) is 14.9 Å². The van der Waals surface area contributed by atoms with Crippen LogP contribution in [0.1, 0.15) is 22.3 Å². The second kappa shape index (κ2) is 9.77. The Labute approximate surface area is 221 Å². The molecule has 0 amide bonds. The average Bonchev–Trinajstić information content (AvgIpc) is 3.59. The Morgan fingerprint density at radius 2 is 1.89 bits per heavy atom. The van der Waals surface area contributed by atoms with Crippen molar-refractivity contribution in [2.45, 2.75) is 19.8 Å². The van der Waals surface area contributed by atoms with Gasteiger partial charge < -0.3 is 14.5 Å². The van der Waals surface area contributed by atoms with Crippen LogP contribution in [0.2, 0.25) is 5.02 Å². The maximum Gasteiger partial charge on any atom is 0.263 e. The highest BCUT2D eigenvalue weighted by Gasteiger charge is 2.41. The molecule has 0 spiro atoms. The van der Waals surface area contributed by atoms with Gasteiger partial charge in [-0.2, -0.15) is 5.26 Å². The van der Waals surface area contributed by atoms with Crippen LogP contribution in [-0.4, -0.2) is 47.6 Å². The molecule has 2 unspecified atom stereocenters. The quantitative estimate of drug-likeness (QED) is 0.435. The number of anilines is 1. The van der Waals surface area contributed by atoms with Crippen LogP contribution >= 0.6 is 11.6 Å². The standard InChI is InChI=1S/C29H27ClFN5O/c1-18-20(2-3-21-10-19(13-32)11-25(18)21)6-9-35-14-22-16-36(17-23(22)15-35)28-29(34-8-7-33-28)37-27-5-4-24(31)12-26(27)30/h2-5,7-8,11-12,22-23H,6,9-10,14-17H2,1H3. The maximum atomic E-state index is 13.4. The summed E-state index contributed by atoms with van der Waals surface area (Å²) in [4.78, 5) is 13.8. The third kappa shape index (κ3) is 4.68. The summed E-state index contributed by atoms with van der Waals surface area (Å²) in [5, 5.41) is 9.46. The summed E-state index contributed by atoms with van der Waals surface area (Å²) < 4.78 is 19.4. The van der Waals surface area contributed by atoms with Crippen molar-refractivity contribution in [3.05, 3.63) is 81.4 Å². The first-order valence-electron chi connectivity index (χ1n) is 12.6. The molecule has 0 radical (unpaired) electrons. The second-order valence-electron chi connectivity index (χ2n) is 10.2. The summed E-state index contributed by atoms with van der Waals surface area (Å²) in [6.45, 7) is 7.12. The number of ether oxygens (including phenoxy) is 1. The van der Waals surface area contributed by atoms with Gasteiger partial charge in [0.15, 0.2) is 5.82 Å².